The predicted octanol–water partition coefficient (Wildman–Crippen LogP) is 4.46. The number of carbonyl (C=O) groups excluding carboxylic acids is 1. The number of aromatic nitrogens is 3. The van der Waals surface area contributed by atoms with Gasteiger partial charge in [0.15, 0.2) is 5.82 Å². The van der Waals surface area contributed by atoms with Crippen LogP contribution in [0.25, 0.3) is 22.2 Å². The Hall–Kier alpha value is -4.41. The zero-order valence-corrected chi connectivity index (χ0v) is 21.8. The number of rotatable bonds is 9. The van der Waals surface area contributed by atoms with Gasteiger partial charge in [-0.1, -0.05) is 48.5 Å². The van der Waals surface area contributed by atoms with E-state index in [2.05, 4.69) is 15.3 Å². The molecule has 194 valence electrons. The summed E-state index contributed by atoms with van der Waals surface area (Å²) in [4.78, 5) is 22.6. The lowest BCUT2D eigenvalue weighted by Gasteiger charge is -2.14. The fourth-order valence-corrected chi connectivity index (χ4v) is 5.44. The summed E-state index contributed by atoms with van der Waals surface area (Å²) in [5, 5.41) is 3.54. The molecule has 5 rings (SSSR count). The first-order valence-corrected chi connectivity index (χ1v) is 13.4. The summed E-state index contributed by atoms with van der Waals surface area (Å²) in [5.41, 5.74) is 2.08. The summed E-state index contributed by atoms with van der Waals surface area (Å²) in [6.45, 7) is 1.21. The zero-order chi connectivity index (χ0) is 26.7. The van der Waals surface area contributed by atoms with Crippen molar-refractivity contribution in [1.82, 2.24) is 18.8 Å². The Morgan fingerprint density at radius 2 is 1.71 bits per heavy atom. The third-order valence-electron chi connectivity index (χ3n) is 5.98. The van der Waals surface area contributed by atoms with E-state index in [0.29, 0.717) is 40.2 Å². The van der Waals surface area contributed by atoms with E-state index in [1.807, 2.05) is 43.3 Å². The van der Waals surface area contributed by atoms with E-state index < -0.39 is 15.9 Å². The number of amides is 1. The topological polar surface area (TPSA) is 109 Å². The van der Waals surface area contributed by atoms with Gasteiger partial charge in [0.1, 0.15) is 12.4 Å². The highest BCUT2D eigenvalue weighted by atomic mass is 32.2. The molecule has 1 amide bonds. The van der Waals surface area contributed by atoms with Gasteiger partial charge in [0.25, 0.3) is 15.9 Å². The highest BCUT2D eigenvalue weighted by Gasteiger charge is 2.23. The normalized spacial score (nSPS) is 11.7. The molecule has 0 fully saturated rings. The third kappa shape index (κ3) is 5.04. The Balaban J connectivity index is 1.44. The van der Waals surface area contributed by atoms with Crippen molar-refractivity contribution in [3.05, 3.63) is 97.1 Å². The quantitative estimate of drug-likeness (QED) is 0.292. The smallest absolute Gasteiger partial charge is 0.291 e. The van der Waals surface area contributed by atoms with Gasteiger partial charge in [-0.3, -0.25) is 4.79 Å². The number of fused-ring (bicyclic) bond motifs is 1. The van der Waals surface area contributed by atoms with Crippen molar-refractivity contribution in [1.29, 1.82) is 0 Å². The summed E-state index contributed by atoms with van der Waals surface area (Å²) in [7, 11) is 0.0783. The standard InChI is InChI=1S/C28H27N5O4S/c1-32(2)16-17-37-26-15-9-7-13-23(26)31-28(34)27-29-18-24(30-27)22-19-33(25-14-8-6-12-21(22)25)38(35,36)20-10-4-3-5-11-20/h3-15,18-19H,16-17H2,1-2H3,(H,29,30)(H,31,34). The first kappa shape index (κ1) is 25.2. The molecule has 0 bridgehead atoms. The van der Waals surface area contributed by atoms with Gasteiger partial charge in [-0.25, -0.2) is 17.4 Å². The van der Waals surface area contributed by atoms with Crippen molar-refractivity contribution in [2.75, 3.05) is 32.6 Å². The second kappa shape index (κ2) is 10.5. The van der Waals surface area contributed by atoms with Crippen LogP contribution in [0.3, 0.4) is 0 Å². The Morgan fingerprint density at radius 1 is 1.00 bits per heavy atom. The Labute approximate surface area is 220 Å². The summed E-state index contributed by atoms with van der Waals surface area (Å²) in [6.07, 6.45) is 3.13. The van der Waals surface area contributed by atoms with Gasteiger partial charge in [0.05, 0.1) is 21.8 Å². The molecule has 10 heteroatoms. The van der Waals surface area contributed by atoms with Crippen LogP contribution in [-0.4, -0.2) is 60.4 Å². The van der Waals surface area contributed by atoms with E-state index in [4.69, 9.17) is 4.74 Å². The number of benzene rings is 3. The van der Waals surface area contributed by atoms with Gasteiger partial charge < -0.3 is 19.9 Å². The van der Waals surface area contributed by atoms with Gasteiger partial charge in [0.2, 0.25) is 0 Å². The average Bonchev–Trinajstić information content (AvgIpc) is 3.56. The molecule has 2 N–H and O–H groups in total. The highest BCUT2D eigenvalue weighted by Crippen LogP contribution is 2.32. The molecule has 0 saturated carbocycles. The van der Waals surface area contributed by atoms with Crippen molar-refractivity contribution in [2.45, 2.75) is 4.90 Å². The maximum atomic E-state index is 13.4. The van der Waals surface area contributed by atoms with E-state index >= 15 is 0 Å². The third-order valence-corrected chi connectivity index (χ3v) is 7.67. The molecule has 38 heavy (non-hydrogen) atoms. The van der Waals surface area contributed by atoms with Crippen molar-refractivity contribution >= 4 is 32.5 Å². The van der Waals surface area contributed by atoms with Crippen LogP contribution >= 0.6 is 0 Å². The van der Waals surface area contributed by atoms with Crippen molar-refractivity contribution in [3.63, 3.8) is 0 Å². The summed E-state index contributed by atoms with van der Waals surface area (Å²) >= 11 is 0. The number of nitrogens with one attached hydrogen (secondary N) is 2. The number of anilines is 1. The first-order chi connectivity index (χ1) is 18.3. The van der Waals surface area contributed by atoms with Crippen LogP contribution < -0.4 is 10.1 Å². The Kier molecular flexibility index (Phi) is 6.99. The molecule has 0 radical (unpaired) electrons. The van der Waals surface area contributed by atoms with E-state index in [0.717, 1.165) is 6.54 Å². The monoisotopic (exact) mass is 529 g/mol. The molecule has 9 nitrogen and oxygen atoms in total. The number of nitrogens with zero attached hydrogens (tertiary/aromatic N) is 3. The molecule has 2 heterocycles. The van der Waals surface area contributed by atoms with Crippen molar-refractivity contribution in [2.24, 2.45) is 0 Å². The summed E-state index contributed by atoms with van der Waals surface area (Å²) in [6, 6.07) is 22.6. The van der Waals surface area contributed by atoms with Crippen LogP contribution in [0.2, 0.25) is 0 Å². The highest BCUT2D eigenvalue weighted by molar-refractivity contribution is 7.90. The number of hydrogen-bond donors (Lipinski definition) is 2. The van der Waals surface area contributed by atoms with Crippen molar-refractivity contribution < 1.29 is 17.9 Å². The van der Waals surface area contributed by atoms with Crippen LogP contribution in [0.15, 0.2) is 96.2 Å². The summed E-state index contributed by atoms with van der Waals surface area (Å²) < 4.78 is 33.9. The maximum absolute atomic E-state index is 13.4. The Morgan fingerprint density at radius 3 is 2.50 bits per heavy atom. The maximum Gasteiger partial charge on any atom is 0.291 e. The molecule has 2 aromatic heterocycles. The van der Waals surface area contributed by atoms with Crippen LogP contribution in [0.1, 0.15) is 10.6 Å². The molecule has 0 aliphatic rings. The first-order valence-electron chi connectivity index (χ1n) is 12.0. The minimum absolute atomic E-state index is 0.0887. The van der Waals surface area contributed by atoms with Crippen LogP contribution in [0, 0.1) is 0 Å². The van der Waals surface area contributed by atoms with Crippen LogP contribution in [-0.2, 0) is 10.0 Å². The lowest BCUT2D eigenvalue weighted by molar-refractivity contribution is 0.101. The van der Waals surface area contributed by atoms with Crippen LogP contribution in [0.4, 0.5) is 5.69 Å². The number of ether oxygens (including phenoxy) is 1. The zero-order valence-electron chi connectivity index (χ0n) is 21.0. The second-order valence-corrected chi connectivity index (χ2v) is 10.7. The number of aromatic amines is 1. The fraction of sp³-hybridized carbons (Fsp3) is 0.143. The lowest BCUT2D eigenvalue weighted by atomic mass is 10.1. The number of para-hydroxylation sites is 3. The average molecular weight is 530 g/mol. The predicted molar refractivity (Wildman–Crippen MR) is 147 cm³/mol. The molecule has 0 unspecified atom stereocenters. The number of imidazole rings is 1. The lowest BCUT2D eigenvalue weighted by Crippen LogP contribution is -2.20. The van der Waals surface area contributed by atoms with E-state index in [9.17, 15) is 13.2 Å². The fourth-order valence-electron chi connectivity index (χ4n) is 4.05. The molecular formula is C28H27N5O4S. The minimum Gasteiger partial charge on any atom is -0.490 e. The van der Waals surface area contributed by atoms with E-state index in [-0.39, 0.29) is 10.7 Å². The van der Waals surface area contributed by atoms with Gasteiger partial charge in [-0.15, -0.1) is 0 Å². The number of H-pyrrole nitrogens is 1. The van der Waals surface area contributed by atoms with Gasteiger partial charge in [-0.05, 0) is 44.4 Å². The molecule has 0 saturated heterocycles. The number of carbonyl (C=O) groups is 1. The molecule has 0 aliphatic carbocycles. The van der Waals surface area contributed by atoms with Gasteiger partial charge in [-0.2, -0.15) is 0 Å². The molecular weight excluding hydrogens is 502 g/mol. The molecule has 0 atom stereocenters. The summed E-state index contributed by atoms with van der Waals surface area (Å²) in [5.74, 6) is 0.204. The van der Waals surface area contributed by atoms with Gasteiger partial charge in [0, 0.05) is 29.9 Å². The van der Waals surface area contributed by atoms with Crippen LogP contribution in [0.5, 0.6) is 5.75 Å². The largest absolute Gasteiger partial charge is 0.490 e. The molecule has 0 aliphatic heterocycles. The van der Waals surface area contributed by atoms with Gasteiger partial charge >= 0.3 is 0 Å². The number of hydrogen-bond acceptors (Lipinski definition) is 6. The molecule has 0 spiro atoms. The minimum atomic E-state index is -3.84. The Bertz CT molecular complexity index is 1690. The SMILES string of the molecule is CN(C)CCOc1ccccc1NC(=O)c1nc(-c2cn(S(=O)(=O)c3ccccc3)c3ccccc23)c[nH]1. The van der Waals surface area contributed by atoms with E-state index in [1.165, 1.54) is 3.97 Å². The van der Waals surface area contributed by atoms with E-state index in [1.54, 1.807) is 67.0 Å². The molecule has 3 aromatic carbocycles. The van der Waals surface area contributed by atoms with Crippen molar-refractivity contribution in [3.8, 4) is 17.0 Å². The second-order valence-electron chi connectivity index (χ2n) is 8.91. The number of likely N-dealkylation sites (N-methyl/N-ethyl adjacent to an activating group) is 1. The molecule has 5 aromatic rings.